The Morgan fingerprint density at radius 1 is 1.37 bits per heavy atom. The van der Waals surface area contributed by atoms with E-state index in [0.717, 1.165) is 16.3 Å². The normalized spacial score (nSPS) is 10.4. The first-order chi connectivity index (χ1) is 8.99. The monoisotopic (exact) mass is 260 g/mol. The van der Waals surface area contributed by atoms with E-state index in [2.05, 4.69) is 4.98 Å². The Bertz CT molecular complexity index is 743. The summed E-state index contributed by atoms with van der Waals surface area (Å²) in [6.07, 6.45) is 0.715. The van der Waals surface area contributed by atoms with Crippen LogP contribution in [0.2, 0.25) is 0 Å². The summed E-state index contributed by atoms with van der Waals surface area (Å²) < 4.78 is 0.936. The van der Waals surface area contributed by atoms with Gasteiger partial charge in [0.15, 0.2) is 0 Å². The molecule has 0 atom stereocenters. The first-order valence-electron chi connectivity index (χ1n) is 5.61. The molecule has 0 aliphatic heterocycles. The van der Waals surface area contributed by atoms with Crippen LogP contribution in [0.25, 0.3) is 5.69 Å². The van der Waals surface area contributed by atoms with Gasteiger partial charge in [0, 0.05) is 11.8 Å². The number of aromatic nitrogens is 2. The van der Waals surface area contributed by atoms with Gasteiger partial charge in [-0.3, -0.25) is 9.59 Å². The number of benzene rings is 1. The van der Waals surface area contributed by atoms with Gasteiger partial charge in [-0.05, 0) is 24.6 Å². The van der Waals surface area contributed by atoms with Crippen molar-refractivity contribution in [1.82, 2.24) is 9.55 Å². The quantitative estimate of drug-likeness (QED) is 0.838. The molecule has 1 aromatic carbocycles. The summed E-state index contributed by atoms with van der Waals surface area (Å²) in [5, 5.41) is 8.73. The smallest absolute Gasteiger partial charge is 0.332 e. The second-order valence-corrected chi connectivity index (χ2v) is 4.17. The predicted octanol–water partition coefficient (Wildman–Crippen LogP) is 0.461. The number of carbonyl (C=O) groups is 1. The first-order valence-corrected chi connectivity index (χ1v) is 5.61. The van der Waals surface area contributed by atoms with Crippen molar-refractivity contribution in [1.29, 1.82) is 0 Å². The molecule has 2 N–H and O–H groups in total. The van der Waals surface area contributed by atoms with Crippen molar-refractivity contribution in [2.24, 2.45) is 0 Å². The summed E-state index contributed by atoms with van der Waals surface area (Å²) >= 11 is 0. The number of aliphatic carboxylic acids is 1. The molecular formula is C13H12N2O4. The molecule has 2 rings (SSSR count). The maximum absolute atomic E-state index is 12.1. The lowest BCUT2D eigenvalue weighted by molar-refractivity contribution is -0.136. The standard InChI is InChI=1S/C13H12N2O4/c1-8-3-2-4-10(5-8)15-12(18)9(6-11(16)17)7-14-13(15)19/h2-5,7H,6H2,1H3,(H,14,19)(H,16,17). The zero-order valence-electron chi connectivity index (χ0n) is 10.2. The fraction of sp³-hybridized carbons (Fsp3) is 0.154. The summed E-state index contributed by atoms with van der Waals surface area (Å²) in [4.78, 5) is 36.9. The molecule has 0 radical (unpaired) electrons. The molecule has 98 valence electrons. The molecule has 0 spiro atoms. The van der Waals surface area contributed by atoms with Crippen LogP contribution in [-0.2, 0) is 11.2 Å². The van der Waals surface area contributed by atoms with E-state index in [9.17, 15) is 14.4 Å². The van der Waals surface area contributed by atoms with Crippen LogP contribution in [0, 0.1) is 6.92 Å². The van der Waals surface area contributed by atoms with E-state index in [1.807, 2.05) is 13.0 Å². The molecule has 6 heteroatoms. The largest absolute Gasteiger partial charge is 0.481 e. The summed E-state index contributed by atoms with van der Waals surface area (Å²) in [5.74, 6) is -1.13. The van der Waals surface area contributed by atoms with Gasteiger partial charge in [0.25, 0.3) is 5.56 Å². The number of nitrogens with zero attached hydrogens (tertiary/aromatic N) is 1. The minimum Gasteiger partial charge on any atom is -0.481 e. The molecule has 0 aliphatic carbocycles. The van der Waals surface area contributed by atoms with Crippen molar-refractivity contribution in [3.8, 4) is 5.69 Å². The van der Waals surface area contributed by atoms with Crippen LogP contribution in [0.5, 0.6) is 0 Å². The fourth-order valence-electron chi connectivity index (χ4n) is 1.80. The van der Waals surface area contributed by atoms with E-state index < -0.39 is 23.6 Å². The van der Waals surface area contributed by atoms with Crippen molar-refractivity contribution in [2.75, 3.05) is 0 Å². The maximum atomic E-state index is 12.1. The summed E-state index contributed by atoms with van der Waals surface area (Å²) in [5.41, 5.74) is 0.140. The highest BCUT2D eigenvalue weighted by atomic mass is 16.4. The molecule has 1 aromatic heterocycles. The van der Waals surface area contributed by atoms with Crippen LogP contribution < -0.4 is 11.2 Å². The van der Waals surface area contributed by atoms with Crippen LogP contribution >= 0.6 is 0 Å². The van der Waals surface area contributed by atoms with Crippen LogP contribution in [0.1, 0.15) is 11.1 Å². The lowest BCUT2D eigenvalue weighted by atomic mass is 10.2. The first kappa shape index (κ1) is 12.8. The molecule has 19 heavy (non-hydrogen) atoms. The van der Waals surface area contributed by atoms with E-state index in [-0.39, 0.29) is 5.56 Å². The number of H-pyrrole nitrogens is 1. The fourth-order valence-corrected chi connectivity index (χ4v) is 1.80. The summed E-state index contributed by atoms with van der Waals surface area (Å²) in [6.45, 7) is 1.84. The molecule has 0 saturated heterocycles. The van der Waals surface area contributed by atoms with Gasteiger partial charge in [-0.15, -0.1) is 0 Å². The van der Waals surface area contributed by atoms with Gasteiger partial charge < -0.3 is 10.1 Å². The van der Waals surface area contributed by atoms with Gasteiger partial charge in [0.1, 0.15) is 0 Å². The summed E-state index contributed by atoms with van der Waals surface area (Å²) in [7, 11) is 0. The molecule has 0 unspecified atom stereocenters. The van der Waals surface area contributed by atoms with Gasteiger partial charge in [0.05, 0.1) is 12.1 Å². The number of nitrogens with one attached hydrogen (secondary N) is 1. The lowest BCUT2D eigenvalue weighted by Gasteiger charge is -2.06. The zero-order chi connectivity index (χ0) is 14.0. The Labute approximate surface area is 108 Å². The molecule has 6 nitrogen and oxygen atoms in total. The Hall–Kier alpha value is -2.63. The number of carboxylic acid groups (broad SMARTS) is 1. The molecular weight excluding hydrogens is 248 g/mol. The minimum absolute atomic E-state index is 0.0357. The van der Waals surface area contributed by atoms with Gasteiger partial charge in [-0.1, -0.05) is 12.1 Å². The Morgan fingerprint density at radius 3 is 2.74 bits per heavy atom. The molecule has 0 aliphatic rings. The second kappa shape index (κ2) is 4.93. The van der Waals surface area contributed by atoms with Crippen molar-refractivity contribution in [2.45, 2.75) is 13.3 Å². The molecule has 0 amide bonds. The van der Waals surface area contributed by atoms with E-state index >= 15 is 0 Å². The van der Waals surface area contributed by atoms with Crippen LogP contribution in [-0.4, -0.2) is 20.6 Å². The highest BCUT2D eigenvalue weighted by Crippen LogP contribution is 2.06. The Morgan fingerprint density at radius 2 is 2.11 bits per heavy atom. The van der Waals surface area contributed by atoms with Gasteiger partial charge in [-0.25, -0.2) is 9.36 Å². The van der Waals surface area contributed by atoms with E-state index in [4.69, 9.17) is 5.11 Å². The third-order valence-corrected chi connectivity index (χ3v) is 2.65. The number of carboxylic acids is 1. The summed E-state index contributed by atoms with van der Waals surface area (Å²) in [6, 6.07) is 6.86. The van der Waals surface area contributed by atoms with Crippen molar-refractivity contribution < 1.29 is 9.90 Å². The lowest BCUT2D eigenvalue weighted by Crippen LogP contribution is -2.36. The maximum Gasteiger partial charge on any atom is 0.332 e. The van der Waals surface area contributed by atoms with Crippen molar-refractivity contribution in [3.63, 3.8) is 0 Å². The SMILES string of the molecule is Cc1cccc(-n2c(=O)[nH]cc(CC(=O)O)c2=O)c1. The minimum atomic E-state index is -1.13. The average molecular weight is 260 g/mol. The number of rotatable bonds is 3. The van der Waals surface area contributed by atoms with Gasteiger partial charge >= 0.3 is 11.7 Å². The average Bonchev–Trinajstić information content (AvgIpc) is 2.33. The van der Waals surface area contributed by atoms with E-state index in [0.29, 0.717) is 5.69 Å². The number of aromatic amines is 1. The third-order valence-electron chi connectivity index (χ3n) is 2.65. The number of aryl methyl sites for hydroxylation is 1. The Balaban J connectivity index is 2.66. The zero-order valence-corrected chi connectivity index (χ0v) is 10.2. The number of hydrogen-bond donors (Lipinski definition) is 2. The highest BCUT2D eigenvalue weighted by Gasteiger charge is 2.11. The molecule has 0 saturated carbocycles. The molecule has 1 heterocycles. The Kier molecular flexibility index (Phi) is 3.33. The van der Waals surface area contributed by atoms with Crippen LogP contribution in [0.4, 0.5) is 0 Å². The molecule has 0 bridgehead atoms. The van der Waals surface area contributed by atoms with Gasteiger partial charge in [0.2, 0.25) is 0 Å². The van der Waals surface area contributed by atoms with Crippen molar-refractivity contribution in [3.05, 3.63) is 62.4 Å². The van der Waals surface area contributed by atoms with Crippen LogP contribution in [0.15, 0.2) is 40.1 Å². The topological polar surface area (TPSA) is 92.2 Å². The highest BCUT2D eigenvalue weighted by molar-refractivity contribution is 5.69. The van der Waals surface area contributed by atoms with Crippen molar-refractivity contribution >= 4 is 5.97 Å². The van der Waals surface area contributed by atoms with Crippen LogP contribution in [0.3, 0.4) is 0 Å². The predicted molar refractivity (Wildman–Crippen MR) is 68.7 cm³/mol. The third kappa shape index (κ3) is 2.62. The molecule has 2 aromatic rings. The second-order valence-electron chi connectivity index (χ2n) is 4.17. The van der Waals surface area contributed by atoms with E-state index in [1.165, 1.54) is 0 Å². The molecule has 0 fully saturated rings. The number of hydrogen-bond acceptors (Lipinski definition) is 3. The van der Waals surface area contributed by atoms with Gasteiger partial charge in [-0.2, -0.15) is 0 Å². The van der Waals surface area contributed by atoms with E-state index in [1.54, 1.807) is 18.2 Å².